The van der Waals surface area contributed by atoms with Gasteiger partial charge in [-0.15, -0.1) is 0 Å². The van der Waals surface area contributed by atoms with Crippen molar-refractivity contribution in [1.29, 1.82) is 0 Å². The molecule has 2 aromatic carbocycles. The average molecular weight is 611 g/mol. The van der Waals surface area contributed by atoms with E-state index in [-0.39, 0.29) is 35.5 Å². The number of nitrogens with one attached hydrogen (secondary N) is 2. The van der Waals surface area contributed by atoms with Crippen molar-refractivity contribution < 1.29 is 27.9 Å². The zero-order chi connectivity index (χ0) is 29.4. The molecule has 1 aliphatic heterocycles. The molecule has 0 aliphatic carbocycles. The van der Waals surface area contributed by atoms with Crippen molar-refractivity contribution in [1.82, 2.24) is 20.4 Å². The smallest absolute Gasteiger partial charge is 0.413 e. The van der Waals surface area contributed by atoms with E-state index in [4.69, 9.17) is 23.2 Å². The molecule has 0 unspecified atom stereocenters. The first-order chi connectivity index (χ1) is 18.9. The Labute approximate surface area is 242 Å². The largest absolute Gasteiger partial charge is 0.465 e. The Morgan fingerprint density at radius 2 is 1.82 bits per heavy atom. The fraction of sp³-hybridized carbons (Fsp3) is 0.308. The van der Waals surface area contributed by atoms with Crippen molar-refractivity contribution >= 4 is 56.8 Å². The standard InChI is InChI=1S/C26H29Cl2N5O6S/c1-17-20(27)8-9-21(24(17)28)40(38,39)13-3-10-29-14-22(34)31-15-23(35)32(2)16-18-4-6-19(7-5-18)25-30-11-12-33(25)26(36)37/h3-9,13,29H,10-12,14-16H2,1-2H3,(H,31,34)(H,36,37). The molecule has 0 bridgehead atoms. The number of hydrogen-bond acceptors (Lipinski definition) is 7. The first-order valence-electron chi connectivity index (χ1n) is 12.1. The molecular weight excluding hydrogens is 581 g/mol. The van der Waals surface area contributed by atoms with E-state index in [1.165, 1.54) is 28.0 Å². The summed E-state index contributed by atoms with van der Waals surface area (Å²) in [5, 5.41) is 16.0. The minimum atomic E-state index is -3.79. The van der Waals surface area contributed by atoms with E-state index in [1.807, 2.05) is 0 Å². The van der Waals surface area contributed by atoms with Crippen LogP contribution in [0.2, 0.25) is 10.0 Å². The lowest BCUT2D eigenvalue weighted by Crippen LogP contribution is -2.41. The summed E-state index contributed by atoms with van der Waals surface area (Å²) in [4.78, 5) is 42.7. The number of likely N-dealkylation sites (N-methyl/N-ethyl adjacent to an activating group) is 1. The van der Waals surface area contributed by atoms with Crippen LogP contribution in [0.5, 0.6) is 0 Å². The van der Waals surface area contributed by atoms with Gasteiger partial charge in [0.15, 0.2) is 0 Å². The number of benzene rings is 2. The second-order valence-corrected chi connectivity index (χ2v) is 11.5. The predicted molar refractivity (Wildman–Crippen MR) is 152 cm³/mol. The van der Waals surface area contributed by atoms with E-state index in [9.17, 15) is 27.9 Å². The van der Waals surface area contributed by atoms with Crippen LogP contribution in [0.1, 0.15) is 16.7 Å². The molecule has 1 heterocycles. The summed E-state index contributed by atoms with van der Waals surface area (Å²) < 4.78 is 25.0. The highest BCUT2D eigenvalue weighted by Gasteiger charge is 2.24. The molecule has 0 aromatic heterocycles. The van der Waals surface area contributed by atoms with Crippen LogP contribution in [-0.2, 0) is 26.0 Å². The Bertz CT molecular complexity index is 1440. The van der Waals surface area contributed by atoms with Gasteiger partial charge < -0.3 is 20.6 Å². The molecule has 0 spiro atoms. The highest BCUT2D eigenvalue weighted by atomic mass is 35.5. The quantitative estimate of drug-likeness (QED) is 0.332. The number of carbonyl (C=O) groups excluding carboxylic acids is 2. The summed E-state index contributed by atoms with van der Waals surface area (Å²) >= 11 is 12.1. The number of rotatable bonds is 11. The second-order valence-electron chi connectivity index (χ2n) is 8.90. The average Bonchev–Trinajstić information content (AvgIpc) is 3.41. The number of halogens is 2. The SMILES string of the molecule is Cc1c(Cl)ccc(S(=O)(=O)C=CCNCC(=O)NCC(=O)N(C)Cc2ccc(C3=NCCN3C(=O)O)cc2)c1Cl. The Balaban J connectivity index is 1.40. The summed E-state index contributed by atoms with van der Waals surface area (Å²) in [6.07, 6.45) is 0.299. The Hall–Kier alpha value is -3.45. The molecule has 0 saturated heterocycles. The van der Waals surface area contributed by atoms with E-state index in [0.29, 0.717) is 41.6 Å². The van der Waals surface area contributed by atoms with Gasteiger partial charge in [0.05, 0.1) is 36.1 Å². The molecule has 40 heavy (non-hydrogen) atoms. The molecule has 0 atom stereocenters. The van der Waals surface area contributed by atoms with Crippen molar-refractivity contribution in [3.63, 3.8) is 0 Å². The van der Waals surface area contributed by atoms with Crippen molar-refractivity contribution in [3.8, 4) is 0 Å². The van der Waals surface area contributed by atoms with Crippen LogP contribution in [-0.4, -0.2) is 86.8 Å². The van der Waals surface area contributed by atoms with Crippen molar-refractivity contribution in [3.05, 3.63) is 74.6 Å². The molecule has 11 nitrogen and oxygen atoms in total. The fourth-order valence-electron chi connectivity index (χ4n) is 3.75. The van der Waals surface area contributed by atoms with Gasteiger partial charge >= 0.3 is 6.09 Å². The highest BCUT2D eigenvalue weighted by molar-refractivity contribution is 7.94. The van der Waals surface area contributed by atoms with Crippen molar-refractivity contribution in [2.75, 3.05) is 39.8 Å². The molecule has 1 aliphatic rings. The minimum absolute atomic E-state index is 0.0576. The van der Waals surface area contributed by atoms with Crippen LogP contribution in [0.25, 0.3) is 0 Å². The number of amidine groups is 1. The molecule has 0 fully saturated rings. The predicted octanol–water partition coefficient (Wildman–Crippen LogP) is 2.69. The lowest BCUT2D eigenvalue weighted by molar-refractivity contribution is -0.132. The summed E-state index contributed by atoms with van der Waals surface area (Å²) in [6.45, 7) is 2.41. The third-order valence-corrected chi connectivity index (χ3v) is 8.49. The van der Waals surface area contributed by atoms with E-state index in [1.54, 1.807) is 38.2 Å². The zero-order valence-electron chi connectivity index (χ0n) is 21.9. The molecule has 3 N–H and O–H groups in total. The Morgan fingerprint density at radius 1 is 1.12 bits per heavy atom. The number of hydrogen-bond donors (Lipinski definition) is 3. The van der Waals surface area contributed by atoms with Crippen LogP contribution in [0.4, 0.5) is 4.79 Å². The highest BCUT2D eigenvalue weighted by Crippen LogP contribution is 2.31. The third-order valence-electron chi connectivity index (χ3n) is 5.98. The molecule has 3 rings (SSSR count). The summed E-state index contributed by atoms with van der Waals surface area (Å²) in [5.41, 5.74) is 1.97. The summed E-state index contributed by atoms with van der Waals surface area (Å²) in [5.74, 6) is -0.340. The Morgan fingerprint density at radius 3 is 2.50 bits per heavy atom. The molecule has 2 aromatic rings. The van der Waals surface area contributed by atoms with Gasteiger partial charge in [0, 0.05) is 36.1 Å². The molecular formula is C26H29Cl2N5O6S. The maximum absolute atomic E-state index is 12.5. The van der Waals surface area contributed by atoms with E-state index in [2.05, 4.69) is 15.6 Å². The third kappa shape index (κ3) is 8.04. The summed E-state index contributed by atoms with van der Waals surface area (Å²) in [6, 6.07) is 9.89. The molecule has 0 radical (unpaired) electrons. The van der Waals surface area contributed by atoms with Gasteiger partial charge in [-0.2, -0.15) is 0 Å². The van der Waals surface area contributed by atoms with Gasteiger partial charge in [-0.05, 0) is 30.2 Å². The normalized spacial score (nSPS) is 13.4. The lowest BCUT2D eigenvalue weighted by atomic mass is 10.1. The van der Waals surface area contributed by atoms with Crippen LogP contribution in [0, 0.1) is 6.92 Å². The van der Waals surface area contributed by atoms with Crippen LogP contribution in [0.15, 0.2) is 57.8 Å². The Kier molecular flexibility index (Phi) is 10.7. The van der Waals surface area contributed by atoms with E-state index < -0.39 is 21.8 Å². The first-order valence-corrected chi connectivity index (χ1v) is 14.4. The summed E-state index contributed by atoms with van der Waals surface area (Å²) in [7, 11) is -2.19. The number of amides is 3. The maximum Gasteiger partial charge on any atom is 0.413 e. The van der Waals surface area contributed by atoms with E-state index >= 15 is 0 Å². The van der Waals surface area contributed by atoms with Crippen molar-refractivity contribution in [2.24, 2.45) is 4.99 Å². The van der Waals surface area contributed by atoms with Gasteiger partial charge in [-0.1, -0.05) is 53.5 Å². The monoisotopic (exact) mass is 609 g/mol. The lowest BCUT2D eigenvalue weighted by Gasteiger charge is -2.18. The van der Waals surface area contributed by atoms with Gasteiger partial charge in [0.2, 0.25) is 21.7 Å². The van der Waals surface area contributed by atoms with Gasteiger partial charge in [-0.3, -0.25) is 19.5 Å². The number of nitrogens with zero attached hydrogens (tertiary/aromatic N) is 3. The maximum atomic E-state index is 12.5. The van der Waals surface area contributed by atoms with Crippen LogP contribution >= 0.6 is 23.2 Å². The minimum Gasteiger partial charge on any atom is -0.465 e. The van der Waals surface area contributed by atoms with Crippen molar-refractivity contribution in [2.45, 2.75) is 18.4 Å². The second kappa shape index (κ2) is 13.8. The number of carbonyl (C=O) groups is 3. The zero-order valence-corrected chi connectivity index (χ0v) is 24.2. The number of aliphatic imine (C=N–C) groups is 1. The number of sulfone groups is 1. The molecule has 0 saturated carbocycles. The topological polar surface area (TPSA) is 148 Å². The van der Waals surface area contributed by atoms with Gasteiger partial charge in [0.1, 0.15) is 5.84 Å². The van der Waals surface area contributed by atoms with Gasteiger partial charge in [-0.25, -0.2) is 13.2 Å². The number of carboxylic acid groups (broad SMARTS) is 1. The van der Waals surface area contributed by atoms with Gasteiger partial charge in [0.25, 0.3) is 0 Å². The molecule has 3 amide bonds. The van der Waals surface area contributed by atoms with Crippen LogP contribution < -0.4 is 10.6 Å². The molecule has 214 valence electrons. The van der Waals surface area contributed by atoms with Crippen LogP contribution in [0.3, 0.4) is 0 Å². The fourth-order valence-corrected chi connectivity index (χ4v) is 5.60. The molecule has 14 heteroatoms. The first kappa shape index (κ1) is 31.1. The van der Waals surface area contributed by atoms with E-state index in [0.717, 1.165) is 11.0 Å².